The van der Waals surface area contributed by atoms with Gasteiger partial charge in [0.2, 0.25) is 10.0 Å². The van der Waals surface area contributed by atoms with Crippen LogP contribution in [0.5, 0.6) is 0 Å². The Morgan fingerprint density at radius 1 is 1.26 bits per heavy atom. The molecule has 0 amide bonds. The average Bonchev–Trinajstić information content (AvgIpc) is 2.42. The van der Waals surface area contributed by atoms with Gasteiger partial charge in [0.05, 0.1) is 10.9 Å². The van der Waals surface area contributed by atoms with Gasteiger partial charge in [-0.25, -0.2) is 8.42 Å². The summed E-state index contributed by atoms with van der Waals surface area (Å²) in [6.45, 7) is 3.29. The van der Waals surface area contributed by atoms with E-state index in [2.05, 4.69) is 0 Å². The molecule has 0 aromatic heterocycles. The minimum Gasteiger partial charge on any atom is -0.399 e. The molecule has 0 saturated carbocycles. The third-order valence-electron chi connectivity index (χ3n) is 3.37. The maximum Gasteiger partial charge on any atom is 0.238 e. The zero-order valence-electron chi connectivity index (χ0n) is 11.1. The molecule has 6 heteroatoms. The second-order valence-corrected chi connectivity index (χ2v) is 6.75. The molecule has 106 valence electrons. The summed E-state index contributed by atoms with van der Waals surface area (Å²) >= 11 is 0. The Kier molecular flexibility index (Phi) is 4.31. The van der Waals surface area contributed by atoms with Gasteiger partial charge < -0.3 is 10.5 Å². The first-order chi connectivity index (χ1) is 9.05. The lowest BCUT2D eigenvalue weighted by Crippen LogP contribution is -2.41. The first-order valence-electron chi connectivity index (χ1n) is 6.50. The van der Waals surface area contributed by atoms with Crippen molar-refractivity contribution in [2.24, 2.45) is 0 Å². The second kappa shape index (κ2) is 5.79. The number of nitrogens with two attached hydrogens (primary N) is 1. The van der Waals surface area contributed by atoms with Crippen molar-refractivity contribution in [3.63, 3.8) is 0 Å². The topological polar surface area (TPSA) is 72.6 Å². The molecule has 0 aliphatic carbocycles. The molecule has 1 heterocycles. The van der Waals surface area contributed by atoms with E-state index in [0.717, 1.165) is 0 Å². The van der Waals surface area contributed by atoms with Crippen LogP contribution in [0.1, 0.15) is 19.8 Å². The normalized spacial score (nSPS) is 17.3. The lowest BCUT2D eigenvalue weighted by molar-refractivity contribution is 0.0983. The molecule has 0 atom stereocenters. The molecular weight excluding hydrogens is 264 g/mol. The second-order valence-electron chi connectivity index (χ2n) is 4.61. The number of benzene rings is 1. The largest absolute Gasteiger partial charge is 0.399 e. The van der Waals surface area contributed by atoms with Crippen LogP contribution in [-0.4, -0.2) is 33.4 Å². The minimum absolute atomic E-state index is 0.348. The van der Waals surface area contributed by atoms with E-state index in [1.165, 1.54) is 4.31 Å². The van der Waals surface area contributed by atoms with Crippen molar-refractivity contribution in [3.8, 4) is 0 Å². The summed E-state index contributed by atoms with van der Waals surface area (Å²) in [4.78, 5) is 0. The van der Waals surface area contributed by atoms with Crippen LogP contribution in [0, 0.1) is 0 Å². The zero-order chi connectivity index (χ0) is 13.9. The van der Waals surface area contributed by atoms with Gasteiger partial charge in [-0.05, 0) is 44.0 Å². The van der Waals surface area contributed by atoms with E-state index in [-0.39, 0.29) is 5.25 Å². The Morgan fingerprint density at radius 2 is 1.84 bits per heavy atom. The molecule has 2 N–H and O–H groups in total. The standard InChI is InChI=1S/C13H20N2O3S/c1-2-15(12-5-3-11(14)4-6-12)19(16,17)13-7-9-18-10-8-13/h3-6,13H,2,7-10,14H2,1H3. The number of sulfonamides is 1. The number of ether oxygens (including phenoxy) is 1. The Bertz CT molecular complexity index is 507. The summed E-state index contributed by atoms with van der Waals surface area (Å²) in [6.07, 6.45) is 1.13. The summed E-state index contributed by atoms with van der Waals surface area (Å²) in [6, 6.07) is 6.93. The predicted octanol–water partition coefficient (Wildman–Crippen LogP) is 1.60. The highest BCUT2D eigenvalue weighted by molar-refractivity contribution is 7.93. The number of nitrogens with zero attached hydrogens (tertiary/aromatic N) is 1. The molecule has 1 aromatic rings. The van der Waals surface area contributed by atoms with E-state index >= 15 is 0 Å². The molecule has 0 spiro atoms. The number of anilines is 2. The Labute approximate surface area is 114 Å². The van der Waals surface area contributed by atoms with E-state index < -0.39 is 10.0 Å². The molecule has 1 fully saturated rings. The summed E-state index contributed by atoms with van der Waals surface area (Å²) in [5.41, 5.74) is 6.93. The van der Waals surface area contributed by atoms with Crippen molar-refractivity contribution in [1.29, 1.82) is 0 Å². The van der Waals surface area contributed by atoms with Crippen molar-refractivity contribution < 1.29 is 13.2 Å². The minimum atomic E-state index is -3.33. The molecule has 0 bridgehead atoms. The van der Waals surface area contributed by atoms with E-state index in [4.69, 9.17) is 10.5 Å². The van der Waals surface area contributed by atoms with Crippen LogP contribution in [0.15, 0.2) is 24.3 Å². The molecule has 19 heavy (non-hydrogen) atoms. The van der Waals surface area contributed by atoms with Gasteiger partial charge in [0.15, 0.2) is 0 Å². The summed E-state index contributed by atoms with van der Waals surface area (Å²) in [5.74, 6) is 0. The number of hydrogen-bond acceptors (Lipinski definition) is 4. The maximum absolute atomic E-state index is 12.6. The van der Waals surface area contributed by atoms with Gasteiger partial charge in [-0.2, -0.15) is 0 Å². The quantitative estimate of drug-likeness (QED) is 0.852. The molecule has 1 aliphatic heterocycles. The number of rotatable bonds is 4. The number of hydrogen-bond donors (Lipinski definition) is 1. The predicted molar refractivity (Wildman–Crippen MR) is 76.6 cm³/mol. The lowest BCUT2D eigenvalue weighted by atomic mass is 10.2. The van der Waals surface area contributed by atoms with Gasteiger partial charge >= 0.3 is 0 Å². The van der Waals surface area contributed by atoms with E-state index in [1.807, 2.05) is 6.92 Å². The van der Waals surface area contributed by atoms with Crippen molar-refractivity contribution in [1.82, 2.24) is 0 Å². The molecule has 2 rings (SSSR count). The zero-order valence-corrected chi connectivity index (χ0v) is 11.9. The molecule has 1 saturated heterocycles. The molecule has 1 aliphatic rings. The van der Waals surface area contributed by atoms with Crippen molar-refractivity contribution in [3.05, 3.63) is 24.3 Å². The van der Waals surface area contributed by atoms with Crippen LogP contribution in [0.3, 0.4) is 0 Å². The highest BCUT2D eigenvalue weighted by atomic mass is 32.2. The third kappa shape index (κ3) is 3.01. The monoisotopic (exact) mass is 284 g/mol. The van der Waals surface area contributed by atoms with Crippen LogP contribution in [-0.2, 0) is 14.8 Å². The van der Waals surface area contributed by atoms with Crippen LogP contribution >= 0.6 is 0 Å². The third-order valence-corrected chi connectivity index (χ3v) is 5.76. The van der Waals surface area contributed by atoms with Crippen LogP contribution < -0.4 is 10.0 Å². The Balaban J connectivity index is 2.27. The highest BCUT2D eigenvalue weighted by Crippen LogP contribution is 2.25. The van der Waals surface area contributed by atoms with Gasteiger partial charge in [-0.1, -0.05) is 0 Å². The molecular formula is C13H20N2O3S. The van der Waals surface area contributed by atoms with E-state index in [9.17, 15) is 8.42 Å². The summed E-state index contributed by atoms with van der Waals surface area (Å²) < 4.78 is 32.0. The summed E-state index contributed by atoms with van der Waals surface area (Å²) in [7, 11) is -3.33. The highest BCUT2D eigenvalue weighted by Gasteiger charge is 2.32. The Morgan fingerprint density at radius 3 is 2.37 bits per heavy atom. The van der Waals surface area contributed by atoms with E-state index in [0.29, 0.717) is 44.0 Å². The first kappa shape index (κ1) is 14.1. The van der Waals surface area contributed by atoms with Crippen LogP contribution in [0.4, 0.5) is 11.4 Å². The lowest BCUT2D eigenvalue weighted by Gasteiger charge is -2.30. The Hall–Kier alpha value is -1.27. The van der Waals surface area contributed by atoms with Gasteiger partial charge in [-0.15, -0.1) is 0 Å². The molecule has 0 radical (unpaired) electrons. The van der Waals surface area contributed by atoms with E-state index in [1.54, 1.807) is 24.3 Å². The molecule has 0 unspecified atom stereocenters. The fourth-order valence-corrected chi connectivity index (χ4v) is 4.23. The fourth-order valence-electron chi connectivity index (χ4n) is 2.30. The molecule has 1 aromatic carbocycles. The van der Waals surface area contributed by atoms with Gasteiger partial charge in [0.1, 0.15) is 0 Å². The summed E-state index contributed by atoms with van der Waals surface area (Å²) in [5, 5.41) is -0.348. The number of nitrogen functional groups attached to an aromatic ring is 1. The van der Waals surface area contributed by atoms with Crippen molar-refractivity contribution >= 4 is 21.4 Å². The van der Waals surface area contributed by atoms with Gasteiger partial charge in [0.25, 0.3) is 0 Å². The SMILES string of the molecule is CCN(c1ccc(N)cc1)S(=O)(=O)C1CCOCC1. The molecule has 5 nitrogen and oxygen atoms in total. The fraction of sp³-hybridized carbons (Fsp3) is 0.538. The van der Waals surface area contributed by atoms with Crippen molar-refractivity contribution in [2.45, 2.75) is 25.0 Å². The average molecular weight is 284 g/mol. The smallest absolute Gasteiger partial charge is 0.238 e. The van der Waals surface area contributed by atoms with Crippen LogP contribution in [0.2, 0.25) is 0 Å². The van der Waals surface area contributed by atoms with Gasteiger partial charge in [0, 0.05) is 25.4 Å². The van der Waals surface area contributed by atoms with Crippen LogP contribution in [0.25, 0.3) is 0 Å². The maximum atomic E-state index is 12.6. The van der Waals surface area contributed by atoms with Crippen molar-refractivity contribution in [2.75, 3.05) is 29.8 Å². The first-order valence-corrected chi connectivity index (χ1v) is 8.01. The van der Waals surface area contributed by atoms with Gasteiger partial charge in [-0.3, -0.25) is 4.31 Å².